The highest BCUT2D eigenvalue weighted by atomic mass is 16.3. The minimum Gasteiger partial charge on any atom is -0.507 e. The van der Waals surface area contributed by atoms with Crippen molar-refractivity contribution in [2.75, 3.05) is 11.9 Å². The van der Waals surface area contributed by atoms with E-state index in [1.54, 1.807) is 17.1 Å². The van der Waals surface area contributed by atoms with Crippen LogP contribution in [0.2, 0.25) is 0 Å². The van der Waals surface area contributed by atoms with Crippen LogP contribution in [0.1, 0.15) is 31.5 Å². The molecule has 2 aliphatic rings. The maximum atomic E-state index is 10.5. The van der Waals surface area contributed by atoms with Crippen molar-refractivity contribution in [3.8, 4) is 22.7 Å². The van der Waals surface area contributed by atoms with Crippen molar-refractivity contribution in [1.29, 1.82) is 0 Å². The predicted octanol–water partition coefficient (Wildman–Crippen LogP) is 2.46. The maximum absolute atomic E-state index is 10.5. The summed E-state index contributed by atoms with van der Waals surface area (Å²) in [7, 11) is 2.10. The molecule has 3 aromatic rings. The lowest BCUT2D eigenvalue weighted by Crippen LogP contribution is -2.47. The quantitative estimate of drug-likeness (QED) is 0.706. The number of aromatic nitrogens is 5. The Kier molecular flexibility index (Phi) is 4.43. The zero-order valence-corrected chi connectivity index (χ0v) is 16.7. The number of aryl methyl sites for hydroxylation is 1. The van der Waals surface area contributed by atoms with Crippen LogP contribution in [0.4, 0.5) is 5.82 Å². The lowest BCUT2D eigenvalue weighted by molar-refractivity contribution is 0.353. The van der Waals surface area contributed by atoms with Gasteiger partial charge in [-0.15, -0.1) is 10.2 Å². The Balaban J connectivity index is 1.34. The zero-order valence-electron chi connectivity index (χ0n) is 16.7. The number of phenols is 1. The first-order chi connectivity index (χ1) is 14.1. The monoisotopic (exact) mass is 391 g/mol. The SMILES string of the molecule is Cc1ncn(-c2ccc(-c3ccc(N(C)C4CC5CCC(C4)N5)nn3)c(O)c2)n1. The van der Waals surface area contributed by atoms with Gasteiger partial charge < -0.3 is 15.3 Å². The Hall–Kier alpha value is -3.00. The van der Waals surface area contributed by atoms with Gasteiger partial charge in [0.25, 0.3) is 0 Å². The van der Waals surface area contributed by atoms with E-state index in [1.165, 1.54) is 12.8 Å². The Bertz CT molecular complexity index is 1000. The van der Waals surface area contributed by atoms with Gasteiger partial charge in [-0.05, 0) is 56.9 Å². The molecule has 2 unspecified atom stereocenters. The third-order valence-electron chi connectivity index (χ3n) is 6.14. The van der Waals surface area contributed by atoms with Crippen molar-refractivity contribution in [2.45, 2.75) is 50.7 Å². The van der Waals surface area contributed by atoms with Crippen molar-refractivity contribution in [3.63, 3.8) is 0 Å². The van der Waals surface area contributed by atoms with E-state index < -0.39 is 0 Å². The Morgan fingerprint density at radius 1 is 1.10 bits per heavy atom. The van der Waals surface area contributed by atoms with Gasteiger partial charge in [-0.2, -0.15) is 5.10 Å². The van der Waals surface area contributed by atoms with E-state index in [2.05, 4.69) is 37.5 Å². The smallest absolute Gasteiger partial charge is 0.151 e. The molecule has 150 valence electrons. The van der Waals surface area contributed by atoms with Gasteiger partial charge in [-0.1, -0.05) is 0 Å². The largest absolute Gasteiger partial charge is 0.507 e. The second-order valence-electron chi connectivity index (χ2n) is 8.09. The normalized spacial score (nSPS) is 23.3. The van der Waals surface area contributed by atoms with Gasteiger partial charge in [0.2, 0.25) is 0 Å². The van der Waals surface area contributed by atoms with E-state index >= 15 is 0 Å². The van der Waals surface area contributed by atoms with Gasteiger partial charge in [0.1, 0.15) is 17.9 Å². The van der Waals surface area contributed by atoms with Crippen LogP contribution in [0, 0.1) is 6.92 Å². The summed E-state index contributed by atoms with van der Waals surface area (Å²) in [5.41, 5.74) is 2.04. The number of nitrogens with one attached hydrogen (secondary N) is 1. The van der Waals surface area contributed by atoms with Crippen molar-refractivity contribution in [3.05, 3.63) is 42.5 Å². The van der Waals surface area contributed by atoms with E-state index in [-0.39, 0.29) is 5.75 Å². The second-order valence-corrected chi connectivity index (χ2v) is 8.09. The molecule has 2 fully saturated rings. The molecule has 0 saturated carbocycles. The highest BCUT2D eigenvalue weighted by Gasteiger charge is 2.35. The van der Waals surface area contributed by atoms with E-state index in [4.69, 9.17) is 0 Å². The number of phenolic OH excluding ortho intramolecular Hbond substituents is 1. The molecule has 2 aliphatic heterocycles. The number of nitrogens with zero attached hydrogens (tertiary/aromatic N) is 6. The first-order valence-corrected chi connectivity index (χ1v) is 10.1. The van der Waals surface area contributed by atoms with E-state index in [0.29, 0.717) is 35.2 Å². The zero-order chi connectivity index (χ0) is 20.0. The number of anilines is 1. The van der Waals surface area contributed by atoms with Crippen LogP contribution in [-0.4, -0.2) is 55.2 Å². The maximum Gasteiger partial charge on any atom is 0.151 e. The van der Waals surface area contributed by atoms with Crippen LogP contribution in [0.15, 0.2) is 36.7 Å². The first-order valence-electron chi connectivity index (χ1n) is 10.1. The fourth-order valence-corrected chi connectivity index (χ4v) is 4.54. The molecule has 8 heteroatoms. The van der Waals surface area contributed by atoms with Crippen molar-refractivity contribution < 1.29 is 5.11 Å². The summed E-state index contributed by atoms with van der Waals surface area (Å²) in [5.74, 6) is 1.69. The molecular weight excluding hydrogens is 366 g/mol. The molecule has 4 heterocycles. The van der Waals surface area contributed by atoms with Gasteiger partial charge in [0.15, 0.2) is 5.82 Å². The summed E-state index contributed by atoms with van der Waals surface area (Å²) < 4.78 is 1.63. The molecule has 0 spiro atoms. The number of aromatic hydroxyl groups is 1. The van der Waals surface area contributed by atoms with Gasteiger partial charge in [-0.3, -0.25) is 0 Å². The number of benzene rings is 1. The predicted molar refractivity (Wildman–Crippen MR) is 110 cm³/mol. The third-order valence-corrected chi connectivity index (χ3v) is 6.14. The lowest BCUT2D eigenvalue weighted by Gasteiger charge is -2.36. The van der Waals surface area contributed by atoms with Crippen LogP contribution in [0.25, 0.3) is 16.9 Å². The molecule has 1 aromatic carbocycles. The number of rotatable bonds is 4. The van der Waals surface area contributed by atoms with Crippen LogP contribution in [-0.2, 0) is 0 Å². The van der Waals surface area contributed by atoms with Gasteiger partial charge in [-0.25, -0.2) is 9.67 Å². The molecule has 0 amide bonds. The molecule has 5 rings (SSSR count). The number of hydrogen-bond donors (Lipinski definition) is 2. The molecule has 8 nitrogen and oxygen atoms in total. The molecule has 2 aromatic heterocycles. The van der Waals surface area contributed by atoms with Crippen LogP contribution >= 0.6 is 0 Å². The average Bonchev–Trinajstić information content (AvgIpc) is 3.32. The summed E-state index contributed by atoms with van der Waals surface area (Å²) in [4.78, 5) is 6.37. The van der Waals surface area contributed by atoms with E-state index in [1.807, 2.05) is 31.2 Å². The second kappa shape index (κ2) is 7.11. The van der Waals surface area contributed by atoms with Crippen molar-refractivity contribution in [1.82, 2.24) is 30.3 Å². The molecule has 29 heavy (non-hydrogen) atoms. The average molecular weight is 391 g/mol. The van der Waals surface area contributed by atoms with Crippen LogP contribution in [0.3, 0.4) is 0 Å². The van der Waals surface area contributed by atoms with Crippen molar-refractivity contribution in [2.24, 2.45) is 0 Å². The standard InChI is InChI=1S/C21H25N7O/c1-13-22-12-28(26-13)16-5-6-18(20(29)11-16)19-7-8-21(25-24-19)27(2)17-9-14-3-4-15(10-17)23-14/h5-8,11-12,14-15,17,23,29H,3-4,9-10H2,1-2H3. The molecule has 0 aliphatic carbocycles. The Labute approximate surface area is 169 Å². The van der Waals surface area contributed by atoms with Gasteiger partial charge in [0.05, 0.1) is 11.4 Å². The Morgan fingerprint density at radius 3 is 2.52 bits per heavy atom. The topological polar surface area (TPSA) is 92.0 Å². The van der Waals surface area contributed by atoms with Gasteiger partial charge >= 0.3 is 0 Å². The number of hydrogen-bond acceptors (Lipinski definition) is 7. The van der Waals surface area contributed by atoms with Crippen LogP contribution < -0.4 is 10.2 Å². The highest BCUT2D eigenvalue weighted by Crippen LogP contribution is 2.32. The highest BCUT2D eigenvalue weighted by molar-refractivity contribution is 5.69. The summed E-state index contributed by atoms with van der Waals surface area (Å²) in [6.45, 7) is 1.83. The molecule has 2 atom stereocenters. The third kappa shape index (κ3) is 3.44. The molecule has 2 saturated heterocycles. The first kappa shape index (κ1) is 18.1. The van der Waals surface area contributed by atoms with E-state index in [9.17, 15) is 5.11 Å². The summed E-state index contributed by atoms with van der Waals surface area (Å²) >= 11 is 0. The minimum absolute atomic E-state index is 0.140. The Morgan fingerprint density at radius 2 is 1.90 bits per heavy atom. The van der Waals surface area contributed by atoms with Crippen molar-refractivity contribution >= 4 is 5.82 Å². The summed E-state index contributed by atoms with van der Waals surface area (Å²) in [6.07, 6.45) is 6.49. The molecule has 0 radical (unpaired) electrons. The fraction of sp³-hybridized carbons (Fsp3) is 0.429. The van der Waals surface area contributed by atoms with Gasteiger partial charge in [0, 0.05) is 36.8 Å². The molecule has 2 bridgehead atoms. The van der Waals surface area contributed by atoms with Crippen LogP contribution in [0.5, 0.6) is 5.75 Å². The molecule has 2 N–H and O–H groups in total. The lowest BCUT2D eigenvalue weighted by atomic mass is 9.98. The summed E-state index contributed by atoms with van der Waals surface area (Å²) in [5, 5.41) is 27.3. The minimum atomic E-state index is 0.140. The number of piperidine rings is 1. The molecular formula is C21H25N7O. The summed E-state index contributed by atoms with van der Waals surface area (Å²) in [6, 6.07) is 11.1. The fourth-order valence-electron chi connectivity index (χ4n) is 4.54. The van der Waals surface area contributed by atoms with E-state index in [0.717, 1.165) is 24.3 Å². The number of fused-ring (bicyclic) bond motifs is 2.